The van der Waals surface area contributed by atoms with Gasteiger partial charge in [-0.15, -0.1) is 0 Å². The minimum atomic E-state index is -0.686. The minimum Gasteiger partial charge on any atom is -0.493 e. The molecule has 0 spiro atoms. The van der Waals surface area contributed by atoms with E-state index in [-0.39, 0.29) is 28.4 Å². The molecule has 10 nitrogen and oxygen atoms in total. The van der Waals surface area contributed by atoms with Crippen molar-refractivity contribution in [2.24, 2.45) is 0 Å². The Morgan fingerprint density at radius 2 is 1.97 bits per heavy atom. The highest BCUT2D eigenvalue weighted by atomic mass is 35.5. The zero-order valence-electron chi connectivity index (χ0n) is 14.9. The molecule has 0 radical (unpaired) electrons. The van der Waals surface area contributed by atoms with Gasteiger partial charge in [0.1, 0.15) is 5.69 Å². The Bertz CT molecular complexity index is 1220. The van der Waals surface area contributed by atoms with E-state index in [0.717, 1.165) is 0 Å². The van der Waals surface area contributed by atoms with E-state index in [1.54, 1.807) is 36.4 Å². The molecule has 0 amide bonds. The van der Waals surface area contributed by atoms with Gasteiger partial charge in [0.15, 0.2) is 28.3 Å². The van der Waals surface area contributed by atoms with Crippen molar-refractivity contribution in [2.75, 3.05) is 12.8 Å². The van der Waals surface area contributed by atoms with Crippen LogP contribution >= 0.6 is 11.6 Å². The standard InChI is InChI=1S/C18H13ClN6O4/c1-27-11-4-2-3-5-12(11)28-13-14(19)22-16(23-15(13)20)9-6-7-21-10(8-9)17-24-18(26)29-25-17/h2-8H,1H3,(H2,20,22,23)(H,24,25,26). The van der Waals surface area contributed by atoms with E-state index in [0.29, 0.717) is 22.8 Å². The van der Waals surface area contributed by atoms with Gasteiger partial charge in [-0.1, -0.05) is 28.9 Å². The number of rotatable bonds is 5. The van der Waals surface area contributed by atoms with E-state index >= 15 is 0 Å². The van der Waals surface area contributed by atoms with Crippen LogP contribution in [0.5, 0.6) is 17.2 Å². The van der Waals surface area contributed by atoms with Crippen LogP contribution in [0.4, 0.5) is 5.82 Å². The Morgan fingerprint density at radius 1 is 1.17 bits per heavy atom. The normalized spacial score (nSPS) is 10.7. The minimum absolute atomic E-state index is 0.0200. The van der Waals surface area contributed by atoms with Crippen LogP contribution in [0.1, 0.15) is 0 Å². The van der Waals surface area contributed by atoms with Crippen molar-refractivity contribution in [1.29, 1.82) is 0 Å². The summed E-state index contributed by atoms with van der Waals surface area (Å²) in [6, 6.07) is 10.3. The van der Waals surface area contributed by atoms with Crippen LogP contribution in [0.25, 0.3) is 22.9 Å². The number of nitrogens with one attached hydrogen (secondary N) is 1. The van der Waals surface area contributed by atoms with Crippen molar-refractivity contribution in [3.05, 3.63) is 58.3 Å². The summed E-state index contributed by atoms with van der Waals surface area (Å²) in [5, 5.41) is 3.62. The molecule has 0 aliphatic rings. The number of aromatic amines is 1. The van der Waals surface area contributed by atoms with E-state index in [4.69, 9.17) is 26.8 Å². The van der Waals surface area contributed by atoms with Crippen molar-refractivity contribution in [2.45, 2.75) is 0 Å². The topological polar surface area (TPSA) is 142 Å². The number of para-hydroxylation sites is 2. The third-order valence-corrected chi connectivity index (χ3v) is 4.09. The zero-order valence-corrected chi connectivity index (χ0v) is 15.7. The lowest BCUT2D eigenvalue weighted by Gasteiger charge is -2.13. The highest BCUT2D eigenvalue weighted by molar-refractivity contribution is 6.31. The maximum absolute atomic E-state index is 11.1. The molecule has 146 valence electrons. The number of nitrogens with zero attached hydrogens (tertiary/aromatic N) is 4. The molecule has 3 aromatic heterocycles. The van der Waals surface area contributed by atoms with Crippen molar-refractivity contribution in [3.8, 4) is 40.2 Å². The number of methoxy groups -OCH3 is 1. The third kappa shape index (κ3) is 3.73. The van der Waals surface area contributed by atoms with Gasteiger partial charge in [-0.3, -0.25) is 14.5 Å². The number of pyridine rings is 1. The first-order chi connectivity index (χ1) is 14.0. The fourth-order valence-corrected chi connectivity index (χ4v) is 2.73. The van der Waals surface area contributed by atoms with Crippen molar-refractivity contribution < 1.29 is 14.0 Å². The molecule has 3 heterocycles. The average molecular weight is 413 g/mol. The Labute approximate surface area is 168 Å². The summed E-state index contributed by atoms with van der Waals surface area (Å²) in [6.07, 6.45) is 1.50. The Balaban J connectivity index is 1.70. The number of aromatic nitrogens is 5. The summed E-state index contributed by atoms with van der Waals surface area (Å²) in [6.45, 7) is 0. The molecule has 0 saturated heterocycles. The second kappa shape index (κ2) is 7.60. The molecule has 0 atom stereocenters. The molecule has 1 aromatic carbocycles. The largest absolute Gasteiger partial charge is 0.493 e. The fraction of sp³-hybridized carbons (Fsp3) is 0.0556. The zero-order chi connectivity index (χ0) is 20.4. The number of nitrogens with two attached hydrogens (primary N) is 1. The van der Waals surface area contributed by atoms with Gasteiger partial charge in [0.2, 0.25) is 11.6 Å². The van der Waals surface area contributed by atoms with E-state index in [2.05, 4.69) is 29.6 Å². The highest BCUT2D eigenvalue weighted by Gasteiger charge is 2.17. The number of halogens is 1. The predicted octanol–water partition coefficient (Wildman–Crippen LogP) is 2.92. The monoisotopic (exact) mass is 412 g/mol. The van der Waals surface area contributed by atoms with Gasteiger partial charge in [0, 0.05) is 11.8 Å². The second-order valence-corrected chi connectivity index (χ2v) is 6.04. The lowest BCUT2D eigenvalue weighted by Crippen LogP contribution is -2.02. The Kier molecular flexibility index (Phi) is 4.83. The van der Waals surface area contributed by atoms with Crippen LogP contribution in [0.15, 0.2) is 51.9 Å². The predicted molar refractivity (Wildman–Crippen MR) is 104 cm³/mol. The van der Waals surface area contributed by atoms with Crippen molar-refractivity contribution in [1.82, 2.24) is 25.1 Å². The molecule has 0 bridgehead atoms. The summed E-state index contributed by atoms with van der Waals surface area (Å²) in [4.78, 5) is 26.2. The number of nitrogen functional groups attached to an aromatic ring is 1. The van der Waals surface area contributed by atoms with Gasteiger partial charge in [-0.05, 0) is 24.3 Å². The maximum Gasteiger partial charge on any atom is 0.439 e. The number of anilines is 1. The lowest BCUT2D eigenvalue weighted by atomic mass is 10.2. The first-order valence-corrected chi connectivity index (χ1v) is 8.59. The van der Waals surface area contributed by atoms with Gasteiger partial charge in [0.25, 0.3) is 0 Å². The van der Waals surface area contributed by atoms with E-state index < -0.39 is 5.76 Å². The summed E-state index contributed by atoms with van der Waals surface area (Å²) in [5.41, 5.74) is 6.97. The van der Waals surface area contributed by atoms with Crippen LogP contribution in [-0.2, 0) is 0 Å². The number of benzene rings is 1. The molecule has 0 aliphatic carbocycles. The molecular formula is C18H13ClN6O4. The van der Waals surface area contributed by atoms with Gasteiger partial charge in [-0.2, -0.15) is 0 Å². The van der Waals surface area contributed by atoms with Gasteiger partial charge in [-0.25, -0.2) is 14.8 Å². The van der Waals surface area contributed by atoms with Crippen molar-refractivity contribution >= 4 is 17.4 Å². The Morgan fingerprint density at radius 3 is 2.66 bits per heavy atom. The quantitative estimate of drug-likeness (QED) is 0.473. The van der Waals surface area contributed by atoms with Crippen LogP contribution in [0, 0.1) is 0 Å². The smallest absolute Gasteiger partial charge is 0.439 e. The molecule has 11 heteroatoms. The Hall–Kier alpha value is -3.92. The second-order valence-electron chi connectivity index (χ2n) is 5.68. The summed E-state index contributed by atoms with van der Waals surface area (Å²) in [7, 11) is 1.52. The van der Waals surface area contributed by atoms with Crippen molar-refractivity contribution in [3.63, 3.8) is 0 Å². The molecule has 4 aromatic rings. The van der Waals surface area contributed by atoms with Gasteiger partial charge in [0.05, 0.1) is 7.11 Å². The molecule has 0 saturated carbocycles. The number of H-pyrrole nitrogens is 1. The summed E-state index contributed by atoms with van der Waals surface area (Å²) >= 11 is 6.30. The van der Waals surface area contributed by atoms with Crippen LogP contribution in [0.2, 0.25) is 5.15 Å². The molecule has 0 unspecified atom stereocenters. The maximum atomic E-state index is 11.1. The number of hydrogen-bond donors (Lipinski definition) is 2. The number of ether oxygens (including phenoxy) is 2. The first kappa shape index (κ1) is 18.4. The first-order valence-electron chi connectivity index (χ1n) is 8.22. The number of hydrogen-bond acceptors (Lipinski definition) is 9. The molecule has 4 rings (SSSR count). The van der Waals surface area contributed by atoms with E-state index in [1.165, 1.54) is 13.3 Å². The lowest BCUT2D eigenvalue weighted by molar-refractivity contribution is 0.378. The van der Waals surface area contributed by atoms with Gasteiger partial charge < -0.3 is 15.2 Å². The summed E-state index contributed by atoms with van der Waals surface area (Å²) in [5.74, 6) is 0.803. The molecule has 0 aliphatic heterocycles. The molecule has 0 fully saturated rings. The van der Waals surface area contributed by atoms with Gasteiger partial charge >= 0.3 is 5.76 Å². The molecule has 29 heavy (non-hydrogen) atoms. The van der Waals surface area contributed by atoms with Crippen LogP contribution in [0.3, 0.4) is 0 Å². The van der Waals surface area contributed by atoms with Crippen LogP contribution < -0.4 is 21.0 Å². The SMILES string of the molecule is COc1ccccc1Oc1c(N)nc(-c2ccnc(-c3noc(=O)[nH]3)c2)nc1Cl. The highest BCUT2D eigenvalue weighted by Crippen LogP contribution is 2.38. The average Bonchev–Trinajstić information content (AvgIpc) is 3.17. The van der Waals surface area contributed by atoms with E-state index in [1.807, 2.05) is 0 Å². The molecular weight excluding hydrogens is 400 g/mol. The molecule has 3 N–H and O–H groups in total. The third-order valence-electron chi connectivity index (χ3n) is 3.83. The fourth-order valence-electron chi connectivity index (χ4n) is 2.52. The van der Waals surface area contributed by atoms with E-state index in [9.17, 15) is 4.79 Å². The van der Waals surface area contributed by atoms with Crippen LogP contribution in [-0.4, -0.2) is 32.2 Å². The summed E-state index contributed by atoms with van der Waals surface area (Å²) < 4.78 is 15.5.